The van der Waals surface area contributed by atoms with E-state index in [9.17, 15) is 14.9 Å². The van der Waals surface area contributed by atoms with Crippen molar-refractivity contribution in [2.24, 2.45) is 0 Å². The number of likely N-dealkylation sites (tertiary alicyclic amines) is 1. The van der Waals surface area contributed by atoms with Crippen LogP contribution < -0.4 is 5.32 Å². The number of ether oxygens (including phenoxy) is 1. The molecule has 1 aromatic heterocycles. The highest BCUT2D eigenvalue weighted by atomic mass is 16.5. The van der Waals surface area contributed by atoms with E-state index in [1.54, 1.807) is 6.20 Å². The molecule has 0 spiro atoms. The number of nitrogens with one attached hydrogen (secondary N) is 1. The molecule has 1 saturated heterocycles. The molecule has 7 nitrogen and oxygen atoms in total. The third-order valence-corrected chi connectivity index (χ3v) is 7.83. The Morgan fingerprint density at radius 1 is 0.833 bits per heavy atom. The van der Waals surface area contributed by atoms with Crippen molar-refractivity contribution in [3.63, 3.8) is 0 Å². The quantitative estimate of drug-likeness (QED) is 0.272. The third-order valence-electron chi connectivity index (χ3n) is 7.83. The van der Waals surface area contributed by atoms with Crippen LogP contribution in [-0.4, -0.2) is 35.0 Å². The van der Waals surface area contributed by atoms with Crippen molar-refractivity contribution in [2.45, 2.75) is 44.2 Å². The molecule has 0 unspecified atom stereocenters. The second-order valence-corrected chi connectivity index (χ2v) is 10.7. The van der Waals surface area contributed by atoms with E-state index in [4.69, 9.17) is 4.74 Å². The van der Waals surface area contributed by atoms with Gasteiger partial charge in [0, 0.05) is 32.0 Å². The summed E-state index contributed by atoms with van der Waals surface area (Å²) in [5.74, 6) is -0.0532. The predicted octanol–water partition coefficient (Wildman–Crippen LogP) is 5.99. The molecule has 0 saturated carbocycles. The zero-order valence-corrected chi connectivity index (χ0v) is 23.5. The number of carbonyl (C=O) groups is 2. The maximum Gasteiger partial charge on any atom is 0.407 e. The zero-order chi connectivity index (χ0) is 29.2. The summed E-state index contributed by atoms with van der Waals surface area (Å²) in [7, 11) is 0. The van der Waals surface area contributed by atoms with Gasteiger partial charge in [0.2, 0.25) is 0 Å². The van der Waals surface area contributed by atoms with Crippen LogP contribution >= 0.6 is 0 Å². The monoisotopic (exact) mass is 558 g/mol. The van der Waals surface area contributed by atoms with Gasteiger partial charge in [-0.3, -0.25) is 9.78 Å². The van der Waals surface area contributed by atoms with Gasteiger partial charge < -0.3 is 15.0 Å². The molecule has 0 aliphatic carbocycles. The summed E-state index contributed by atoms with van der Waals surface area (Å²) in [5, 5.41) is 13.1. The Hall–Kier alpha value is -4.96. The molecular formula is C35H34N4O3. The van der Waals surface area contributed by atoms with Crippen molar-refractivity contribution in [1.29, 1.82) is 5.26 Å². The van der Waals surface area contributed by atoms with E-state index in [-0.39, 0.29) is 12.5 Å². The van der Waals surface area contributed by atoms with Gasteiger partial charge in [-0.1, -0.05) is 84.9 Å². The first-order valence-electron chi connectivity index (χ1n) is 14.3. The largest absolute Gasteiger partial charge is 0.445 e. The van der Waals surface area contributed by atoms with Crippen molar-refractivity contribution in [2.75, 3.05) is 13.1 Å². The van der Waals surface area contributed by atoms with Gasteiger partial charge in [0.25, 0.3) is 5.91 Å². The Labute approximate surface area is 246 Å². The van der Waals surface area contributed by atoms with Crippen molar-refractivity contribution in [3.05, 3.63) is 137 Å². The normalized spacial score (nSPS) is 14.0. The summed E-state index contributed by atoms with van der Waals surface area (Å²) in [6.07, 6.45) is 5.72. The average molecular weight is 559 g/mol. The first-order valence-corrected chi connectivity index (χ1v) is 14.3. The fourth-order valence-corrected chi connectivity index (χ4v) is 5.34. The number of aromatic nitrogens is 1. The van der Waals surface area contributed by atoms with E-state index in [1.807, 2.05) is 90.0 Å². The highest BCUT2D eigenvalue weighted by Crippen LogP contribution is 2.36. The molecule has 1 N–H and O–H groups in total. The number of amides is 2. The molecule has 42 heavy (non-hydrogen) atoms. The van der Waals surface area contributed by atoms with Crippen molar-refractivity contribution in [1.82, 2.24) is 15.2 Å². The van der Waals surface area contributed by atoms with Gasteiger partial charge in [-0.2, -0.15) is 5.26 Å². The van der Waals surface area contributed by atoms with E-state index in [1.165, 1.54) is 5.56 Å². The molecule has 0 radical (unpaired) electrons. The predicted molar refractivity (Wildman–Crippen MR) is 160 cm³/mol. The van der Waals surface area contributed by atoms with Gasteiger partial charge in [0.15, 0.2) is 0 Å². The number of nitriles is 1. The minimum absolute atomic E-state index is 0.0532. The van der Waals surface area contributed by atoms with Crippen LogP contribution in [-0.2, 0) is 36.1 Å². The third kappa shape index (κ3) is 7.21. The second-order valence-electron chi connectivity index (χ2n) is 10.7. The lowest BCUT2D eigenvalue weighted by molar-refractivity contribution is 0.0691. The van der Waals surface area contributed by atoms with Crippen LogP contribution in [0.1, 0.15) is 51.0 Å². The Balaban J connectivity index is 1.16. The van der Waals surface area contributed by atoms with Crippen molar-refractivity contribution < 1.29 is 14.3 Å². The molecule has 7 heteroatoms. The standard InChI is InChI=1S/C35H34N4O3/c36-26-35(32-13-7-12-29(21-32)23-38-34(41)42-25-28-10-5-2-6-11-28)16-18-39(19-17-35)33(40)31-20-30(22-37-24-31)15-14-27-8-3-1-4-9-27/h1-13,20-22,24H,14-19,23,25H2,(H,38,41). The SMILES string of the molecule is N#CC1(c2cccc(CNC(=O)OCc3ccccc3)c2)CCN(C(=O)c2cncc(CCc3ccccc3)c2)CC1. The molecule has 0 atom stereocenters. The lowest BCUT2D eigenvalue weighted by Crippen LogP contribution is -2.44. The van der Waals surface area contributed by atoms with E-state index in [2.05, 4.69) is 28.5 Å². The van der Waals surface area contributed by atoms with Crippen LogP contribution in [0.5, 0.6) is 0 Å². The van der Waals surface area contributed by atoms with Crippen LogP contribution in [0, 0.1) is 11.3 Å². The number of pyridine rings is 1. The molecule has 2 heterocycles. The lowest BCUT2D eigenvalue weighted by atomic mass is 9.73. The van der Waals surface area contributed by atoms with Crippen LogP contribution in [0.4, 0.5) is 4.79 Å². The van der Waals surface area contributed by atoms with Gasteiger partial charge in [0.1, 0.15) is 6.61 Å². The minimum Gasteiger partial charge on any atom is -0.445 e. The number of nitrogens with zero attached hydrogens (tertiary/aromatic N) is 3. The van der Waals surface area contributed by atoms with E-state index in [0.29, 0.717) is 38.0 Å². The topological polar surface area (TPSA) is 95.3 Å². The molecular weight excluding hydrogens is 524 g/mol. The van der Waals surface area contributed by atoms with Crippen LogP contribution in [0.15, 0.2) is 103 Å². The van der Waals surface area contributed by atoms with Gasteiger partial charge >= 0.3 is 6.09 Å². The molecule has 5 rings (SSSR count). The zero-order valence-electron chi connectivity index (χ0n) is 23.5. The number of carbonyl (C=O) groups excluding carboxylic acids is 2. The number of rotatable bonds is 9. The fraction of sp³-hybridized carbons (Fsp3) is 0.257. The number of aryl methyl sites for hydroxylation is 2. The summed E-state index contributed by atoms with van der Waals surface area (Å²) < 4.78 is 5.30. The van der Waals surface area contributed by atoms with Crippen molar-refractivity contribution in [3.8, 4) is 6.07 Å². The maximum absolute atomic E-state index is 13.4. The van der Waals surface area contributed by atoms with Crippen LogP contribution in [0.2, 0.25) is 0 Å². The number of alkyl carbamates (subject to hydrolysis) is 1. The Bertz CT molecular complexity index is 1540. The lowest BCUT2D eigenvalue weighted by Gasteiger charge is -2.37. The summed E-state index contributed by atoms with van der Waals surface area (Å²) >= 11 is 0. The summed E-state index contributed by atoms with van der Waals surface area (Å²) in [4.78, 5) is 31.7. The molecule has 4 aromatic rings. The molecule has 212 valence electrons. The van der Waals surface area contributed by atoms with Crippen molar-refractivity contribution >= 4 is 12.0 Å². The molecule has 3 aromatic carbocycles. The smallest absolute Gasteiger partial charge is 0.407 e. The fourth-order valence-electron chi connectivity index (χ4n) is 5.34. The molecule has 0 bridgehead atoms. The van der Waals surface area contributed by atoms with Gasteiger partial charge in [-0.05, 0) is 59.6 Å². The molecule has 1 fully saturated rings. The number of piperidine rings is 1. The van der Waals surface area contributed by atoms with E-state index in [0.717, 1.165) is 35.1 Å². The highest BCUT2D eigenvalue weighted by Gasteiger charge is 2.38. The Morgan fingerprint density at radius 3 is 2.21 bits per heavy atom. The maximum atomic E-state index is 13.4. The second kappa shape index (κ2) is 13.6. The summed E-state index contributed by atoms with van der Waals surface area (Å²) in [5.41, 5.74) is 4.87. The first-order chi connectivity index (χ1) is 20.5. The number of hydrogen-bond donors (Lipinski definition) is 1. The first kappa shape index (κ1) is 28.6. The van der Waals surface area contributed by atoms with E-state index < -0.39 is 11.5 Å². The average Bonchev–Trinajstić information content (AvgIpc) is 3.06. The van der Waals surface area contributed by atoms with Gasteiger partial charge in [-0.15, -0.1) is 0 Å². The van der Waals surface area contributed by atoms with Gasteiger partial charge in [-0.25, -0.2) is 4.79 Å². The highest BCUT2D eigenvalue weighted by molar-refractivity contribution is 5.94. The molecule has 2 amide bonds. The Kier molecular flexibility index (Phi) is 9.25. The van der Waals surface area contributed by atoms with Gasteiger partial charge in [0.05, 0.1) is 17.0 Å². The van der Waals surface area contributed by atoms with Crippen LogP contribution in [0.25, 0.3) is 0 Å². The summed E-state index contributed by atoms with van der Waals surface area (Å²) in [6, 6.07) is 32.0. The van der Waals surface area contributed by atoms with E-state index >= 15 is 0 Å². The minimum atomic E-state index is -0.698. The summed E-state index contributed by atoms with van der Waals surface area (Å²) in [6.45, 7) is 1.46. The molecule has 1 aliphatic heterocycles. The number of benzene rings is 3. The van der Waals surface area contributed by atoms with Crippen LogP contribution in [0.3, 0.4) is 0 Å². The molecule has 1 aliphatic rings. The Morgan fingerprint density at radius 2 is 1.50 bits per heavy atom. The number of hydrogen-bond acceptors (Lipinski definition) is 5.